The normalized spacial score (nSPS) is 15.5. The molecule has 4 heterocycles. The van der Waals surface area contributed by atoms with E-state index in [2.05, 4.69) is 256 Å². The van der Waals surface area contributed by atoms with Crippen LogP contribution in [0.2, 0.25) is 0 Å². The number of hydrogen-bond donors (Lipinski definition) is 0. The highest BCUT2D eigenvalue weighted by atomic mass is 16.5. The molecule has 0 aromatic heterocycles. The third kappa shape index (κ3) is 8.88. The number of anilines is 6. The summed E-state index contributed by atoms with van der Waals surface area (Å²) >= 11 is 0. The molecule has 4 aliphatic heterocycles. The van der Waals surface area contributed by atoms with Crippen molar-refractivity contribution in [2.24, 2.45) is 0 Å². The van der Waals surface area contributed by atoms with Crippen LogP contribution in [0.4, 0.5) is 34.1 Å². The van der Waals surface area contributed by atoms with E-state index in [9.17, 15) is 0 Å². The highest BCUT2D eigenvalue weighted by Crippen LogP contribution is 2.55. The molecule has 0 saturated heterocycles. The fourth-order valence-corrected chi connectivity index (χ4v) is 15.9. The second-order valence-electron chi connectivity index (χ2n) is 26.3. The zero-order chi connectivity index (χ0) is 58.7. The third-order valence-electron chi connectivity index (χ3n) is 20.7. The molecule has 17 rings (SSSR count). The first-order valence-electron chi connectivity index (χ1n) is 32.5. The van der Waals surface area contributed by atoms with Gasteiger partial charge in [-0.05, 0) is 191 Å². The Labute approximate surface area is 519 Å². The average molecular weight is 1140 g/mol. The van der Waals surface area contributed by atoms with Gasteiger partial charge in [0.15, 0.2) is 0 Å². The number of rotatable bonds is 8. The van der Waals surface area contributed by atoms with Gasteiger partial charge in [-0.15, -0.1) is 0 Å². The van der Waals surface area contributed by atoms with Gasteiger partial charge in [-0.1, -0.05) is 231 Å². The molecule has 426 valence electrons. The summed E-state index contributed by atoms with van der Waals surface area (Å²) in [6, 6.07) is 83.6. The standard InChI is InChI=1S/C82H70B2N2O2/c1-51-15-23-57(24-16-51)59-31-39-67(40-32-59)85-73-43-35-63(61-27-19-53(3)20-28-61)47-69(73)83-71-49-65(55-11-7-5-8-12-55)38-46-76(71)88-82-77(83)79(85)81-78-80(82)86(68-41-33-60(34-42-68)58-25-17-52(2)18-26-58)74-44-36-64(62-29-21-54(4)22-30-62)48-70(74)84(78)72-50-66(37-45-75(72)87-81)56-13-9-6-10-14-56/h15-50,55-56H,5-14H2,1-4H3. The molecule has 0 radical (unpaired) electrons. The molecule has 0 amide bonds. The first-order valence-corrected chi connectivity index (χ1v) is 32.5. The maximum Gasteiger partial charge on any atom is 0.256 e. The molecule has 0 bridgehead atoms. The SMILES string of the molecule is Cc1ccc(-c2ccc(N3c4ccc(-c5ccc(C)cc5)cc4B4c5cc(C6CCCCC6)ccc5Oc5c4c3c3c4c5N(c5ccc(-c6ccc(C)cc6)cc5)c5ccc(-c6ccc(C)cc6)cc5B4c4cc(C5CCCCC5)ccc4O3)cc2)cc1. The molecule has 0 atom stereocenters. The van der Waals surface area contributed by atoms with Gasteiger partial charge in [0.25, 0.3) is 13.4 Å². The Bertz CT molecular complexity index is 4250. The summed E-state index contributed by atoms with van der Waals surface area (Å²) in [6.07, 6.45) is 12.5. The van der Waals surface area contributed by atoms with Crippen LogP contribution in [0.15, 0.2) is 218 Å². The quantitative estimate of drug-likeness (QED) is 0.142. The minimum atomic E-state index is -0.199. The van der Waals surface area contributed by atoms with Crippen molar-refractivity contribution in [1.82, 2.24) is 0 Å². The van der Waals surface area contributed by atoms with Gasteiger partial charge in [0.2, 0.25) is 0 Å². The lowest BCUT2D eigenvalue weighted by Crippen LogP contribution is -2.64. The fraction of sp³-hybridized carbons (Fsp3) is 0.195. The molecular weight excluding hydrogens is 1070 g/mol. The van der Waals surface area contributed by atoms with Crippen LogP contribution in [0.25, 0.3) is 44.5 Å². The minimum absolute atomic E-state index is 0.199. The second kappa shape index (κ2) is 21.3. The van der Waals surface area contributed by atoms with E-state index in [0.29, 0.717) is 11.8 Å². The molecule has 11 aromatic carbocycles. The smallest absolute Gasteiger partial charge is 0.256 e. The van der Waals surface area contributed by atoms with Gasteiger partial charge in [0.05, 0.1) is 11.4 Å². The van der Waals surface area contributed by atoms with Gasteiger partial charge in [-0.3, -0.25) is 0 Å². The lowest BCUT2D eigenvalue weighted by Gasteiger charge is -2.47. The Balaban J connectivity index is 0.982. The van der Waals surface area contributed by atoms with E-state index < -0.39 is 0 Å². The van der Waals surface area contributed by atoms with Crippen LogP contribution in [0, 0.1) is 27.7 Å². The lowest BCUT2D eigenvalue weighted by atomic mass is 9.31. The predicted molar refractivity (Wildman–Crippen MR) is 370 cm³/mol. The van der Waals surface area contributed by atoms with Crippen LogP contribution in [-0.2, 0) is 0 Å². The zero-order valence-electron chi connectivity index (χ0n) is 50.9. The summed E-state index contributed by atoms with van der Waals surface area (Å²) in [5.41, 5.74) is 31.2. The molecule has 11 aromatic rings. The fourth-order valence-electron chi connectivity index (χ4n) is 15.9. The summed E-state index contributed by atoms with van der Waals surface area (Å²) < 4.78 is 16.0. The van der Waals surface area contributed by atoms with Gasteiger partial charge in [0.1, 0.15) is 23.0 Å². The number of hydrogen-bond acceptors (Lipinski definition) is 4. The molecule has 0 N–H and O–H groups in total. The van der Waals surface area contributed by atoms with Crippen molar-refractivity contribution >= 4 is 80.3 Å². The summed E-state index contributed by atoms with van der Waals surface area (Å²) in [5.74, 6) is 4.64. The van der Waals surface area contributed by atoms with Gasteiger partial charge in [-0.2, -0.15) is 0 Å². The van der Waals surface area contributed by atoms with Crippen LogP contribution < -0.4 is 52.1 Å². The van der Waals surface area contributed by atoms with Crippen LogP contribution in [-0.4, -0.2) is 13.4 Å². The maximum atomic E-state index is 8.01. The number of benzene rings is 11. The molecule has 0 spiro atoms. The van der Waals surface area contributed by atoms with E-state index in [4.69, 9.17) is 9.47 Å². The Kier molecular flexibility index (Phi) is 12.8. The summed E-state index contributed by atoms with van der Waals surface area (Å²) in [5, 5.41) is 0. The molecular formula is C82H70B2N2O2. The van der Waals surface area contributed by atoms with Crippen LogP contribution in [0.1, 0.15) is 109 Å². The largest absolute Gasteiger partial charge is 0.456 e. The van der Waals surface area contributed by atoms with E-state index in [-0.39, 0.29) is 13.4 Å². The summed E-state index contributed by atoms with van der Waals surface area (Å²) in [7, 11) is 0. The van der Waals surface area contributed by atoms with E-state index in [1.54, 1.807) is 0 Å². The number of fused-ring (bicyclic) bond motifs is 10. The number of aryl methyl sites for hydroxylation is 4. The second-order valence-corrected chi connectivity index (χ2v) is 26.3. The van der Waals surface area contributed by atoms with Crippen molar-refractivity contribution in [3.8, 4) is 67.5 Å². The van der Waals surface area contributed by atoms with Crippen LogP contribution in [0.5, 0.6) is 23.0 Å². The van der Waals surface area contributed by atoms with Crippen LogP contribution >= 0.6 is 0 Å². The topological polar surface area (TPSA) is 24.9 Å². The first-order chi connectivity index (χ1) is 43.2. The molecule has 2 aliphatic carbocycles. The number of ether oxygens (including phenoxy) is 2. The molecule has 2 fully saturated rings. The Hall–Kier alpha value is -9.25. The highest BCUT2D eigenvalue weighted by Gasteiger charge is 2.52. The van der Waals surface area contributed by atoms with Crippen molar-refractivity contribution in [3.05, 3.63) is 252 Å². The molecule has 0 unspecified atom stereocenters. The average Bonchev–Trinajstić information content (AvgIpc) is 0.710. The lowest BCUT2D eigenvalue weighted by molar-refractivity contribution is 0.442. The minimum Gasteiger partial charge on any atom is -0.456 e. The Morgan fingerprint density at radius 1 is 0.307 bits per heavy atom. The first kappa shape index (κ1) is 53.0. The van der Waals surface area contributed by atoms with E-state index in [1.807, 2.05) is 0 Å². The molecule has 6 aliphatic rings. The number of nitrogens with zero attached hydrogens (tertiary/aromatic N) is 2. The summed E-state index contributed by atoms with van der Waals surface area (Å²) in [6.45, 7) is 8.28. The van der Waals surface area contributed by atoms with Crippen LogP contribution in [0.3, 0.4) is 0 Å². The molecule has 2 saturated carbocycles. The van der Waals surface area contributed by atoms with E-state index >= 15 is 0 Å². The molecule has 88 heavy (non-hydrogen) atoms. The van der Waals surface area contributed by atoms with Gasteiger partial charge < -0.3 is 19.3 Å². The highest BCUT2D eigenvalue weighted by molar-refractivity contribution is 7.02. The zero-order valence-corrected chi connectivity index (χ0v) is 50.9. The van der Waals surface area contributed by atoms with Crippen molar-refractivity contribution in [1.29, 1.82) is 0 Å². The summed E-state index contributed by atoms with van der Waals surface area (Å²) in [4.78, 5) is 5.10. The van der Waals surface area contributed by atoms with Crippen molar-refractivity contribution in [2.75, 3.05) is 9.80 Å². The maximum absolute atomic E-state index is 8.01. The Morgan fingerprint density at radius 2 is 0.614 bits per heavy atom. The van der Waals surface area contributed by atoms with E-state index in [0.717, 1.165) is 68.0 Å². The predicted octanol–water partition coefficient (Wildman–Crippen LogP) is 18.5. The molecule has 6 heteroatoms. The van der Waals surface area contributed by atoms with Gasteiger partial charge in [0, 0.05) is 33.7 Å². The van der Waals surface area contributed by atoms with Gasteiger partial charge >= 0.3 is 0 Å². The Morgan fingerprint density at radius 3 is 0.955 bits per heavy atom. The van der Waals surface area contributed by atoms with Crippen molar-refractivity contribution in [2.45, 2.75) is 104 Å². The van der Waals surface area contributed by atoms with E-state index in [1.165, 1.54) is 164 Å². The monoisotopic (exact) mass is 1140 g/mol. The van der Waals surface area contributed by atoms with Gasteiger partial charge in [-0.25, -0.2) is 0 Å². The van der Waals surface area contributed by atoms with Crippen molar-refractivity contribution < 1.29 is 9.47 Å². The molecule has 4 nitrogen and oxygen atoms in total. The van der Waals surface area contributed by atoms with Crippen molar-refractivity contribution in [3.63, 3.8) is 0 Å². The third-order valence-corrected chi connectivity index (χ3v) is 20.7.